The molecular formula is C21H24N2O4. The van der Waals surface area contributed by atoms with Crippen LogP contribution in [0.3, 0.4) is 0 Å². The summed E-state index contributed by atoms with van der Waals surface area (Å²) >= 11 is 0. The Morgan fingerprint density at radius 1 is 0.963 bits per heavy atom. The van der Waals surface area contributed by atoms with Crippen LogP contribution in [0, 0.1) is 0 Å². The van der Waals surface area contributed by atoms with Gasteiger partial charge in [-0.15, -0.1) is 0 Å². The molecule has 0 bridgehead atoms. The van der Waals surface area contributed by atoms with Crippen molar-refractivity contribution in [2.45, 2.75) is 13.1 Å². The number of hydrogen-bond acceptors (Lipinski definition) is 6. The Hall–Kier alpha value is -2.83. The second-order valence-corrected chi connectivity index (χ2v) is 7.24. The third-order valence-corrected chi connectivity index (χ3v) is 4.35. The standard InChI is InChI=1S/C21H24N2O4/c1-22(2)10-14-9-16-20(26)18(13-5-7-15(24)8-6-13)12-27-21(16)17(19(14)25)11-23(3)4/h5-9,12,24-25H,10-11H2,1-4H3. The van der Waals surface area contributed by atoms with Crippen LogP contribution in [0.1, 0.15) is 11.1 Å². The summed E-state index contributed by atoms with van der Waals surface area (Å²) < 4.78 is 5.82. The maximum atomic E-state index is 13.2. The number of fused-ring (bicyclic) bond motifs is 1. The highest BCUT2D eigenvalue weighted by molar-refractivity contribution is 5.86. The van der Waals surface area contributed by atoms with E-state index >= 15 is 0 Å². The minimum atomic E-state index is -0.165. The monoisotopic (exact) mass is 368 g/mol. The van der Waals surface area contributed by atoms with Crippen LogP contribution in [0.2, 0.25) is 0 Å². The SMILES string of the molecule is CN(C)Cc1cc2c(=O)c(-c3ccc(O)cc3)coc2c(CN(C)C)c1O. The molecule has 1 heterocycles. The van der Waals surface area contributed by atoms with Gasteiger partial charge in [-0.3, -0.25) is 4.79 Å². The third kappa shape index (κ3) is 3.82. The van der Waals surface area contributed by atoms with Gasteiger partial charge in [-0.25, -0.2) is 0 Å². The molecule has 0 unspecified atom stereocenters. The van der Waals surface area contributed by atoms with Crippen molar-refractivity contribution < 1.29 is 14.6 Å². The van der Waals surface area contributed by atoms with E-state index in [0.717, 1.165) is 0 Å². The lowest BCUT2D eigenvalue weighted by Gasteiger charge is -2.18. The molecule has 0 saturated carbocycles. The number of benzene rings is 2. The molecule has 6 nitrogen and oxygen atoms in total. The number of nitrogens with zero attached hydrogens (tertiary/aromatic N) is 2. The van der Waals surface area contributed by atoms with E-state index in [1.807, 2.05) is 38.0 Å². The normalized spacial score (nSPS) is 11.6. The first kappa shape index (κ1) is 18.9. The highest BCUT2D eigenvalue weighted by Crippen LogP contribution is 2.33. The van der Waals surface area contributed by atoms with Crippen molar-refractivity contribution in [2.75, 3.05) is 28.2 Å². The molecule has 2 aromatic carbocycles. The quantitative estimate of drug-likeness (QED) is 0.721. The third-order valence-electron chi connectivity index (χ3n) is 4.35. The summed E-state index contributed by atoms with van der Waals surface area (Å²) in [4.78, 5) is 17.0. The highest BCUT2D eigenvalue weighted by atomic mass is 16.3. The molecule has 0 aliphatic rings. The number of phenols is 2. The second kappa shape index (κ2) is 7.42. The van der Waals surface area contributed by atoms with Crippen LogP contribution in [-0.4, -0.2) is 48.2 Å². The van der Waals surface area contributed by atoms with Crippen molar-refractivity contribution in [1.82, 2.24) is 9.80 Å². The summed E-state index contributed by atoms with van der Waals surface area (Å²) in [5.74, 6) is 0.292. The molecule has 0 spiro atoms. The Balaban J connectivity index is 2.28. The molecule has 0 atom stereocenters. The molecule has 3 rings (SSSR count). The van der Waals surface area contributed by atoms with Gasteiger partial charge in [-0.05, 0) is 52.0 Å². The lowest BCUT2D eigenvalue weighted by atomic mass is 10.00. The minimum absolute atomic E-state index is 0.135. The number of hydrogen-bond donors (Lipinski definition) is 2. The van der Waals surface area contributed by atoms with E-state index in [9.17, 15) is 15.0 Å². The molecule has 0 radical (unpaired) electrons. The Kier molecular flexibility index (Phi) is 5.21. The van der Waals surface area contributed by atoms with Gasteiger partial charge in [0.15, 0.2) is 0 Å². The molecule has 0 fully saturated rings. The highest BCUT2D eigenvalue weighted by Gasteiger charge is 2.19. The smallest absolute Gasteiger partial charge is 0.200 e. The largest absolute Gasteiger partial charge is 0.508 e. The van der Waals surface area contributed by atoms with Gasteiger partial charge < -0.3 is 24.4 Å². The average Bonchev–Trinajstić information content (AvgIpc) is 2.60. The van der Waals surface area contributed by atoms with Crippen LogP contribution in [0.4, 0.5) is 0 Å². The zero-order chi connectivity index (χ0) is 19.7. The lowest BCUT2D eigenvalue weighted by Crippen LogP contribution is -2.16. The molecule has 1 aromatic heterocycles. The van der Waals surface area contributed by atoms with Gasteiger partial charge in [-0.2, -0.15) is 0 Å². The van der Waals surface area contributed by atoms with Gasteiger partial charge in [0.2, 0.25) is 5.43 Å². The maximum absolute atomic E-state index is 13.2. The molecule has 6 heteroatoms. The topological polar surface area (TPSA) is 77.2 Å². The summed E-state index contributed by atoms with van der Waals surface area (Å²) in [5, 5.41) is 20.7. The Bertz CT molecular complexity index is 1020. The van der Waals surface area contributed by atoms with E-state index in [-0.39, 0.29) is 16.9 Å². The summed E-state index contributed by atoms with van der Waals surface area (Å²) in [6.45, 7) is 0.955. The predicted molar refractivity (Wildman–Crippen MR) is 106 cm³/mol. The summed E-state index contributed by atoms with van der Waals surface area (Å²) in [6, 6.07) is 8.12. The van der Waals surface area contributed by atoms with Crippen molar-refractivity contribution in [3.8, 4) is 22.6 Å². The van der Waals surface area contributed by atoms with Crippen molar-refractivity contribution in [1.29, 1.82) is 0 Å². The molecule has 27 heavy (non-hydrogen) atoms. The fourth-order valence-corrected chi connectivity index (χ4v) is 3.16. The van der Waals surface area contributed by atoms with Crippen molar-refractivity contribution in [2.24, 2.45) is 0 Å². The summed E-state index contributed by atoms with van der Waals surface area (Å²) in [6.07, 6.45) is 1.42. The summed E-state index contributed by atoms with van der Waals surface area (Å²) in [7, 11) is 7.61. The molecule has 142 valence electrons. The Labute approximate surface area is 157 Å². The van der Waals surface area contributed by atoms with E-state index in [1.54, 1.807) is 18.2 Å². The fraction of sp³-hybridized carbons (Fsp3) is 0.286. The Morgan fingerprint density at radius 3 is 2.19 bits per heavy atom. The van der Waals surface area contributed by atoms with Gasteiger partial charge in [0.1, 0.15) is 23.3 Å². The van der Waals surface area contributed by atoms with Gasteiger partial charge >= 0.3 is 0 Å². The predicted octanol–water partition coefficient (Wildman–Crippen LogP) is 2.99. The van der Waals surface area contributed by atoms with Gasteiger partial charge in [0.05, 0.1) is 16.5 Å². The lowest BCUT2D eigenvalue weighted by molar-refractivity contribution is 0.367. The second-order valence-electron chi connectivity index (χ2n) is 7.24. The van der Waals surface area contributed by atoms with Crippen LogP contribution < -0.4 is 5.43 Å². The van der Waals surface area contributed by atoms with Gasteiger partial charge in [0, 0.05) is 18.7 Å². The van der Waals surface area contributed by atoms with E-state index in [1.165, 1.54) is 18.4 Å². The molecule has 0 aliphatic carbocycles. The minimum Gasteiger partial charge on any atom is -0.508 e. The van der Waals surface area contributed by atoms with Crippen LogP contribution >= 0.6 is 0 Å². The van der Waals surface area contributed by atoms with Crippen molar-refractivity contribution in [3.05, 3.63) is 57.9 Å². The number of aromatic hydroxyl groups is 2. The van der Waals surface area contributed by atoms with Crippen molar-refractivity contribution >= 4 is 11.0 Å². The summed E-state index contributed by atoms with van der Waals surface area (Å²) in [5.41, 5.74) is 2.60. The van der Waals surface area contributed by atoms with Crippen molar-refractivity contribution in [3.63, 3.8) is 0 Å². The van der Waals surface area contributed by atoms with Gasteiger partial charge in [0.25, 0.3) is 0 Å². The number of rotatable bonds is 5. The zero-order valence-corrected chi connectivity index (χ0v) is 16.0. The van der Waals surface area contributed by atoms with E-state index in [0.29, 0.717) is 46.3 Å². The van der Waals surface area contributed by atoms with Crippen LogP contribution in [0.15, 0.2) is 45.8 Å². The molecule has 0 aliphatic heterocycles. The first-order valence-corrected chi connectivity index (χ1v) is 8.66. The van der Waals surface area contributed by atoms with Crippen LogP contribution in [-0.2, 0) is 13.1 Å². The van der Waals surface area contributed by atoms with E-state index < -0.39 is 0 Å². The molecule has 2 N–H and O–H groups in total. The first-order chi connectivity index (χ1) is 12.8. The molecule has 0 amide bonds. The Morgan fingerprint density at radius 2 is 1.59 bits per heavy atom. The molecular weight excluding hydrogens is 344 g/mol. The van der Waals surface area contributed by atoms with E-state index in [2.05, 4.69) is 0 Å². The number of phenolic OH excluding ortho intramolecular Hbond substituents is 2. The average molecular weight is 368 g/mol. The van der Waals surface area contributed by atoms with Gasteiger partial charge in [-0.1, -0.05) is 12.1 Å². The van der Waals surface area contributed by atoms with E-state index in [4.69, 9.17) is 4.42 Å². The fourth-order valence-electron chi connectivity index (χ4n) is 3.16. The maximum Gasteiger partial charge on any atom is 0.200 e. The molecule has 3 aromatic rings. The first-order valence-electron chi connectivity index (χ1n) is 8.66. The zero-order valence-electron chi connectivity index (χ0n) is 16.0. The van der Waals surface area contributed by atoms with Crippen LogP contribution in [0.5, 0.6) is 11.5 Å². The van der Waals surface area contributed by atoms with Crippen LogP contribution in [0.25, 0.3) is 22.1 Å². The molecule has 0 saturated heterocycles.